The number of rotatable bonds is 6. The van der Waals surface area contributed by atoms with E-state index < -0.39 is 0 Å². The predicted octanol–water partition coefficient (Wildman–Crippen LogP) is 3.99. The van der Waals surface area contributed by atoms with Gasteiger partial charge in [-0.15, -0.1) is 0 Å². The molecule has 0 saturated carbocycles. The van der Waals surface area contributed by atoms with Gasteiger partial charge in [-0.2, -0.15) is 5.10 Å². The lowest BCUT2D eigenvalue weighted by Crippen LogP contribution is -2.27. The van der Waals surface area contributed by atoms with Crippen LogP contribution in [0.2, 0.25) is 10.0 Å². The fourth-order valence-electron chi connectivity index (χ4n) is 2.20. The maximum absolute atomic E-state index is 12.2. The van der Waals surface area contributed by atoms with Crippen LogP contribution in [0.5, 0.6) is 5.75 Å². The van der Waals surface area contributed by atoms with Crippen LogP contribution in [0.25, 0.3) is 5.69 Å². The van der Waals surface area contributed by atoms with Crippen LogP contribution in [0.4, 0.5) is 0 Å². The smallest absolute Gasteiger partial charge is 0.254 e. The number of aromatic nitrogens is 2. The van der Waals surface area contributed by atoms with E-state index in [2.05, 4.69) is 10.4 Å². The van der Waals surface area contributed by atoms with E-state index in [1.165, 1.54) is 6.20 Å². The summed E-state index contributed by atoms with van der Waals surface area (Å²) in [6, 6.07) is 14.4. The molecular weight excluding hydrogens is 361 g/mol. The largest absolute Gasteiger partial charge is 0.492 e. The summed E-state index contributed by atoms with van der Waals surface area (Å²) in [6.07, 6.45) is 3.13. The monoisotopic (exact) mass is 375 g/mol. The number of hydrogen-bond donors (Lipinski definition) is 1. The Hall–Kier alpha value is -2.50. The lowest BCUT2D eigenvalue weighted by molar-refractivity contribution is 0.0947. The van der Waals surface area contributed by atoms with E-state index in [9.17, 15) is 4.79 Å². The first-order chi connectivity index (χ1) is 12.1. The maximum atomic E-state index is 12.2. The lowest BCUT2D eigenvalue weighted by Gasteiger charge is -2.07. The van der Waals surface area contributed by atoms with Gasteiger partial charge in [0.25, 0.3) is 5.91 Å². The zero-order chi connectivity index (χ0) is 17.6. The minimum absolute atomic E-state index is 0.229. The van der Waals surface area contributed by atoms with Gasteiger partial charge in [-0.3, -0.25) is 4.79 Å². The van der Waals surface area contributed by atoms with Crippen LogP contribution in [0.3, 0.4) is 0 Å². The number of carbonyl (C=O) groups excluding carboxylic acids is 1. The van der Waals surface area contributed by atoms with Crippen molar-refractivity contribution in [3.05, 3.63) is 76.5 Å². The van der Waals surface area contributed by atoms with Crippen LogP contribution < -0.4 is 10.1 Å². The van der Waals surface area contributed by atoms with Gasteiger partial charge in [0.1, 0.15) is 12.4 Å². The van der Waals surface area contributed by atoms with E-state index in [0.29, 0.717) is 40.2 Å². The third-order valence-corrected chi connectivity index (χ3v) is 3.95. The number of amides is 1. The molecular formula is C18H15Cl2N3O2. The van der Waals surface area contributed by atoms with Crippen molar-refractivity contribution < 1.29 is 9.53 Å². The second-order valence-corrected chi connectivity index (χ2v) is 6.03. The molecule has 0 radical (unpaired) electrons. The van der Waals surface area contributed by atoms with Gasteiger partial charge in [-0.25, -0.2) is 4.68 Å². The summed E-state index contributed by atoms with van der Waals surface area (Å²) >= 11 is 12.0. The van der Waals surface area contributed by atoms with Crippen molar-refractivity contribution in [3.63, 3.8) is 0 Å². The molecule has 5 nitrogen and oxygen atoms in total. The molecule has 0 fully saturated rings. The molecule has 1 N–H and O–H groups in total. The van der Waals surface area contributed by atoms with Crippen molar-refractivity contribution in [1.29, 1.82) is 0 Å². The van der Waals surface area contributed by atoms with E-state index in [4.69, 9.17) is 27.9 Å². The molecule has 3 rings (SSSR count). The van der Waals surface area contributed by atoms with E-state index in [1.54, 1.807) is 41.2 Å². The van der Waals surface area contributed by atoms with Crippen molar-refractivity contribution >= 4 is 29.1 Å². The SMILES string of the molecule is O=C(NCCOc1cccc(Cl)c1)c1cnn(-c2ccccc2Cl)c1. The third-order valence-electron chi connectivity index (χ3n) is 3.40. The highest BCUT2D eigenvalue weighted by Gasteiger charge is 2.10. The first-order valence-corrected chi connectivity index (χ1v) is 8.35. The minimum Gasteiger partial charge on any atom is -0.492 e. The molecule has 0 spiro atoms. The summed E-state index contributed by atoms with van der Waals surface area (Å²) in [4.78, 5) is 12.2. The molecule has 128 valence electrons. The molecule has 3 aromatic rings. The Bertz CT molecular complexity index is 880. The molecule has 0 aliphatic carbocycles. The standard InChI is InChI=1S/C18H15Cl2N3O2/c19-14-4-3-5-15(10-14)25-9-8-21-18(24)13-11-22-23(12-13)17-7-2-1-6-16(17)20/h1-7,10-12H,8-9H2,(H,21,24). The molecule has 25 heavy (non-hydrogen) atoms. The van der Waals surface area contributed by atoms with Crippen molar-refractivity contribution in [2.75, 3.05) is 13.2 Å². The highest BCUT2D eigenvalue weighted by molar-refractivity contribution is 6.32. The summed E-state index contributed by atoms with van der Waals surface area (Å²) in [5.41, 5.74) is 1.16. The molecule has 0 atom stereocenters. The Balaban J connectivity index is 1.53. The average molecular weight is 376 g/mol. The van der Waals surface area contributed by atoms with Crippen LogP contribution in [0.15, 0.2) is 60.9 Å². The fraction of sp³-hybridized carbons (Fsp3) is 0.111. The van der Waals surface area contributed by atoms with E-state index in [1.807, 2.05) is 18.2 Å². The molecule has 0 aliphatic heterocycles. The van der Waals surface area contributed by atoms with Crippen molar-refractivity contribution in [2.45, 2.75) is 0 Å². The van der Waals surface area contributed by atoms with E-state index in [0.717, 1.165) is 0 Å². The number of para-hydroxylation sites is 1. The van der Waals surface area contributed by atoms with Crippen molar-refractivity contribution in [3.8, 4) is 11.4 Å². The fourth-order valence-corrected chi connectivity index (χ4v) is 2.60. The highest BCUT2D eigenvalue weighted by Crippen LogP contribution is 2.19. The van der Waals surface area contributed by atoms with Gasteiger partial charge in [0.2, 0.25) is 0 Å². The van der Waals surface area contributed by atoms with Crippen molar-refractivity contribution in [2.24, 2.45) is 0 Å². The third kappa shape index (κ3) is 4.53. The van der Waals surface area contributed by atoms with Crippen LogP contribution in [-0.4, -0.2) is 28.8 Å². The zero-order valence-electron chi connectivity index (χ0n) is 13.2. The molecule has 1 heterocycles. The summed E-state index contributed by atoms with van der Waals surface area (Å²) in [6.45, 7) is 0.702. The Morgan fingerprint density at radius 2 is 2.00 bits per heavy atom. The molecule has 0 saturated heterocycles. The first kappa shape index (κ1) is 17.3. The van der Waals surface area contributed by atoms with Gasteiger partial charge in [-0.1, -0.05) is 41.4 Å². The van der Waals surface area contributed by atoms with Gasteiger partial charge in [0, 0.05) is 11.2 Å². The van der Waals surface area contributed by atoms with Crippen LogP contribution >= 0.6 is 23.2 Å². The lowest BCUT2D eigenvalue weighted by atomic mass is 10.3. The molecule has 0 aliphatic rings. The number of benzene rings is 2. The first-order valence-electron chi connectivity index (χ1n) is 7.59. The zero-order valence-corrected chi connectivity index (χ0v) is 14.7. The quantitative estimate of drug-likeness (QED) is 0.662. The topological polar surface area (TPSA) is 56.1 Å². The number of hydrogen-bond acceptors (Lipinski definition) is 3. The maximum Gasteiger partial charge on any atom is 0.254 e. The summed E-state index contributed by atoms with van der Waals surface area (Å²) in [5.74, 6) is 0.432. The highest BCUT2D eigenvalue weighted by atomic mass is 35.5. The average Bonchev–Trinajstić information content (AvgIpc) is 3.09. The van der Waals surface area contributed by atoms with Gasteiger partial charge in [0.05, 0.1) is 29.0 Å². The summed E-state index contributed by atoms with van der Waals surface area (Å²) in [7, 11) is 0. The second-order valence-electron chi connectivity index (χ2n) is 5.19. The number of halogens is 2. The number of nitrogens with zero attached hydrogens (tertiary/aromatic N) is 2. The molecule has 1 amide bonds. The molecule has 0 bridgehead atoms. The Morgan fingerprint density at radius 1 is 1.16 bits per heavy atom. The number of carbonyl (C=O) groups is 1. The van der Waals surface area contributed by atoms with Crippen LogP contribution in [-0.2, 0) is 0 Å². The number of nitrogens with one attached hydrogen (secondary N) is 1. The molecule has 0 unspecified atom stereocenters. The molecule has 7 heteroatoms. The summed E-state index contributed by atoms with van der Waals surface area (Å²) in [5, 5.41) is 8.13. The van der Waals surface area contributed by atoms with E-state index >= 15 is 0 Å². The second kappa shape index (κ2) is 8.05. The molecule has 2 aromatic carbocycles. The van der Waals surface area contributed by atoms with Gasteiger partial charge >= 0.3 is 0 Å². The predicted molar refractivity (Wildman–Crippen MR) is 97.9 cm³/mol. The van der Waals surface area contributed by atoms with Crippen LogP contribution in [0, 0.1) is 0 Å². The Kier molecular flexibility index (Phi) is 5.58. The van der Waals surface area contributed by atoms with Crippen LogP contribution in [0.1, 0.15) is 10.4 Å². The number of ether oxygens (including phenoxy) is 1. The normalized spacial score (nSPS) is 10.5. The Labute approximate surface area is 155 Å². The van der Waals surface area contributed by atoms with E-state index in [-0.39, 0.29) is 5.91 Å². The summed E-state index contributed by atoms with van der Waals surface area (Å²) < 4.78 is 7.10. The molecule has 1 aromatic heterocycles. The van der Waals surface area contributed by atoms with Crippen molar-refractivity contribution in [1.82, 2.24) is 15.1 Å². The van der Waals surface area contributed by atoms with Gasteiger partial charge < -0.3 is 10.1 Å². The van der Waals surface area contributed by atoms with Gasteiger partial charge in [0.15, 0.2) is 0 Å². The minimum atomic E-state index is -0.229. The van der Waals surface area contributed by atoms with Gasteiger partial charge in [-0.05, 0) is 30.3 Å². The Morgan fingerprint density at radius 3 is 2.80 bits per heavy atom.